The van der Waals surface area contributed by atoms with Crippen LogP contribution in [-0.2, 0) is 6.54 Å². The molecule has 1 aliphatic heterocycles. The zero-order chi connectivity index (χ0) is 14.4. The Morgan fingerprint density at radius 3 is 3.00 bits per heavy atom. The van der Waals surface area contributed by atoms with Crippen LogP contribution in [0.25, 0.3) is 0 Å². The Kier molecular flexibility index (Phi) is 6.46. The molecule has 1 heterocycles. The van der Waals surface area contributed by atoms with Crippen LogP contribution in [0.3, 0.4) is 0 Å². The monoisotopic (exact) mass is 342 g/mol. The summed E-state index contributed by atoms with van der Waals surface area (Å²) in [5, 5.41) is 3.53. The molecule has 1 aliphatic rings. The number of nitrogens with zero attached hydrogens (tertiary/aromatic N) is 1. The van der Waals surface area contributed by atoms with Gasteiger partial charge in [-0.3, -0.25) is 4.90 Å². The Labute approximate surface area is 129 Å². The second kappa shape index (κ2) is 8.11. The largest absolute Gasteiger partial charge is 0.313 e. The molecule has 112 valence electrons. The maximum atomic E-state index is 13.9. The predicted octanol–water partition coefficient (Wildman–Crippen LogP) is 3.94. The first-order valence-corrected chi connectivity index (χ1v) is 8.38. The van der Waals surface area contributed by atoms with Crippen LogP contribution < -0.4 is 5.32 Å². The van der Waals surface area contributed by atoms with Crippen molar-refractivity contribution in [3.8, 4) is 0 Å². The molecule has 20 heavy (non-hydrogen) atoms. The van der Waals surface area contributed by atoms with E-state index in [0.29, 0.717) is 12.6 Å². The maximum absolute atomic E-state index is 13.9. The molecule has 1 saturated heterocycles. The van der Waals surface area contributed by atoms with Gasteiger partial charge in [0.1, 0.15) is 5.82 Å². The van der Waals surface area contributed by atoms with Gasteiger partial charge in [-0.2, -0.15) is 0 Å². The Hall–Kier alpha value is -0.450. The maximum Gasteiger partial charge on any atom is 0.127 e. The molecule has 0 aliphatic carbocycles. The zero-order valence-corrected chi connectivity index (χ0v) is 13.8. The topological polar surface area (TPSA) is 15.3 Å². The van der Waals surface area contributed by atoms with Gasteiger partial charge in [0.15, 0.2) is 0 Å². The van der Waals surface area contributed by atoms with E-state index in [4.69, 9.17) is 0 Å². The van der Waals surface area contributed by atoms with Crippen LogP contribution in [0.5, 0.6) is 0 Å². The smallest absolute Gasteiger partial charge is 0.127 e. The number of rotatable bonds is 7. The number of nitrogens with one attached hydrogen (secondary N) is 1. The summed E-state index contributed by atoms with van der Waals surface area (Å²) in [6.45, 7) is 6.08. The van der Waals surface area contributed by atoms with E-state index in [1.165, 1.54) is 25.7 Å². The Morgan fingerprint density at radius 1 is 1.45 bits per heavy atom. The van der Waals surface area contributed by atoms with Crippen LogP contribution in [0.4, 0.5) is 4.39 Å². The lowest BCUT2D eigenvalue weighted by atomic mass is 10.1. The highest BCUT2D eigenvalue weighted by molar-refractivity contribution is 9.10. The summed E-state index contributed by atoms with van der Waals surface area (Å²) in [6.07, 6.45) is 4.85. The molecule has 2 rings (SSSR count). The molecule has 4 heteroatoms. The molecule has 1 atom stereocenters. The SMILES string of the molecule is CCCCN(Cc1cc(Br)ccc1F)CC1CCCN1. The first kappa shape index (κ1) is 15.9. The molecule has 2 nitrogen and oxygen atoms in total. The molecule has 1 fully saturated rings. The summed E-state index contributed by atoms with van der Waals surface area (Å²) >= 11 is 3.43. The van der Waals surface area contributed by atoms with Gasteiger partial charge in [0, 0.05) is 29.2 Å². The molecule has 1 aromatic rings. The van der Waals surface area contributed by atoms with E-state index < -0.39 is 0 Å². The molecule has 0 amide bonds. The fraction of sp³-hybridized carbons (Fsp3) is 0.625. The van der Waals surface area contributed by atoms with E-state index in [-0.39, 0.29) is 5.82 Å². The van der Waals surface area contributed by atoms with E-state index in [9.17, 15) is 4.39 Å². The fourth-order valence-electron chi connectivity index (χ4n) is 2.75. The van der Waals surface area contributed by atoms with E-state index >= 15 is 0 Å². The standard InChI is InChI=1S/C16H24BrFN2/c1-2-3-9-20(12-15-5-4-8-19-15)11-13-10-14(17)6-7-16(13)18/h6-7,10,15,19H,2-5,8-9,11-12H2,1H3. The first-order valence-electron chi connectivity index (χ1n) is 7.58. The Balaban J connectivity index is 1.99. The van der Waals surface area contributed by atoms with Gasteiger partial charge < -0.3 is 5.32 Å². The van der Waals surface area contributed by atoms with E-state index in [0.717, 1.165) is 29.7 Å². The first-order chi connectivity index (χ1) is 9.69. The van der Waals surface area contributed by atoms with Crippen LogP contribution in [0.1, 0.15) is 38.2 Å². The summed E-state index contributed by atoms with van der Waals surface area (Å²) < 4.78 is 14.9. The molecule has 1 aromatic carbocycles. The van der Waals surface area contributed by atoms with Gasteiger partial charge >= 0.3 is 0 Å². The van der Waals surface area contributed by atoms with Gasteiger partial charge in [-0.05, 0) is 50.6 Å². The molecule has 1 unspecified atom stereocenters. The summed E-state index contributed by atoms with van der Waals surface area (Å²) in [6, 6.07) is 5.78. The summed E-state index contributed by atoms with van der Waals surface area (Å²) in [4.78, 5) is 2.39. The molecular formula is C16H24BrFN2. The Bertz CT molecular complexity index is 419. The second-order valence-corrected chi connectivity index (χ2v) is 6.53. The third-order valence-electron chi connectivity index (χ3n) is 3.87. The highest BCUT2D eigenvalue weighted by Crippen LogP contribution is 2.18. The van der Waals surface area contributed by atoms with Crippen molar-refractivity contribution in [2.24, 2.45) is 0 Å². The lowest BCUT2D eigenvalue weighted by Gasteiger charge is -2.26. The van der Waals surface area contributed by atoms with Crippen LogP contribution in [0.15, 0.2) is 22.7 Å². The third-order valence-corrected chi connectivity index (χ3v) is 4.36. The van der Waals surface area contributed by atoms with Gasteiger partial charge in [0.25, 0.3) is 0 Å². The van der Waals surface area contributed by atoms with Crippen molar-refractivity contribution in [2.75, 3.05) is 19.6 Å². The van der Waals surface area contributed by atoms with Crippen molar-refractivity contribution in [1.29, 1.82) is 0 Å². The minimum absolute atomic E-state index is 0.103. The van der Waals surface area contributed by atoms with Crippen molar-refractivity contribution in [2.45, 2.75) is 45.2 Å². The normalized spacial score (nSPS) is 18.9. The van der Waals surface area contributed by atoms with Crippen LogP contribution in [-0.4, -0.2) is 30.6 Å². The number of halogens is 2. The van der Waals surface area contributed by atoms with Gasteiger partial charge in [-0.15, -0.1) is 0 Å². The molecule has 0 aromatic heterocycles. The average molecular weight is 343 g/mol. The molecule has 0 saturated carbocycles. The molecule has 0 spiro atoms. The van der Waals surface area contributed by atoms with Gasteiger partial charge in [-0.25, -0.2) is 4.39 Å². The van der Waals surface area contributed by atoms with Gasteiger partial charge in [-0.1, -0.05) is 29.3 Å². The zero-order valence-electron chi connectivity index (χ0n) is 12.2. The molecular weight excluding hydrogens is 319 g/mol. The predicted molar refractivity (Wildman–Crippen MR) is 85.3 cm³/mol. The van der Waals surface area contributed by atoms with Gasteiger partial charge in [0.2, 0.25) is 0 Å². The highest BCUT2D eigenvalue weighted by atomic mass is 79.9. The second-order valence-electron chi connectivity index (χ2n) is 5.62. The average Bonchev–Trinajstić information content (AvgIpc) is 2.93. The number of unbranched alkanes of at least 4 members (excludes halogenated alkanes) is 1. The minimum atomic E-state index is -0.103. The fourth-order valence-corrected chi connectivity index (χ4v) is 3.15. The number of hydrogen-bond donors (Lipinski definition) is 1. The van der Waals surface area contributed by atoms with Crippen molar-refractivity contribution < 1.29 is 4.39 Å². The summed E-state index contributed by atoms with van der Waals surface area (Å²) in [5.41, 5.74) is 0.786. The van der Waals surface area contributed by atoms with Gasteiger partial charge in [0.05, 0.1) is 0 Å². The molecule has 1 N–H and O–H groups in total. The lowest BCUT2D eigenvalue weighted by Crippen LogP contribution is -2.37. The van der Waals surface area contributed by atoms with Crippen LogP contribution in [0, 0.1) is 5.82 Å². The number of benzene rings is 1. The molecule has 0 bridgehead atoms. The van der Waals surface area contributed by atoms with E-state index in [2.05, 4.69) is 33.1 Å². The van der Waals surface area contributed by atoms with E-state index in [1.807, 2.05) is 6.07 Å². The lowest BCUT2D eigenvalue weighted by molar-refractivity contribution is 0.234. The van der Waals surface area contributed by atoms with Crippen molar-refractivity contribution in [1.82, 2.24) is 10.2 Å². The van der Waals surface area contributed by atoms with Crippen molar-refractivity contribution >= 4 is 15.9 Å². The van der Waals surface area contributed by atoms with Crippen molar-refractivity contribution in [3.63, 3.8) is 0 Å². The van der Waals surface area contributed by atoms with Crippen molar-refractivity contribution in [3.05, 3.63) is 34.1 Å². The number of hydrogen-bond acceptors (Lipinski definition) is 2. The molecule has 0 radical (unpaired) electrons. The quantitative estimate of drug-likeness (QED) is 0.807. The van der Waals surface area contributed by atoms with E-state index in [1.54, 1.807) is 12.1 Å². The van der Waals surface area contributed by atoms with Crippen LogP contribution >= 0.6 is 15.9 Å². The summed E-state index contributed by atoms with van der Waals surface area (Å²) in [5.74, 6) is -0.103. The highest BCUT2D eigenvalue weighted by Gasteiger charge is 2.18. The minimum Gasteiger partial charge on any atom is -0.313 e. The summed E-state index contributed by atoms with van der Waals surface area (Å²) in [7, 11) is 0. The Morgan fingerprint density at radius 2 is 2.30 bits per heavy atom. The van der Waals surface area contributed by atoms with Crippen LogP contribution in [0.2, 0.25) is 0 Å². The third kappa shape index (κ3) is 4.83.